The molecule has 1 aromatic heterocycles. The second-order valence-corrected chi connectivity index (χ2v) is 4.05. The van der Waals surface area contributed by atoms with Crippen LogP contribution in [0.15, 0.2) is 21.0 Å². The predicted octanol–water partition coefficient (Wildman–Crippen LogP) is 3.32. The Morgan fingerprint density at radius 3 is 2.80 bits per heavy atom. The number of hydrogen-bond acceptors (Lipinski definition) is 3. The normalized spacial score (nSPS) is 10.6. The minimum atomic E-state index is 0.478. The van der Waals surface area contributed by atoms with Crippen LogP contribution in [0.25, 0.3) is 11.0 Å². The third-order valence-electron chi connectivity index (χ3n) is 2.19. The number of aryl methyl sites for hydroxylation is 1. The summed E-state index contributed by atoms with van der Waals surface area (Å²) in [6.07, 6.45) is 0.751. The number of fused-ring (bicyclic) bond motifs is 1. The molecule has 0 spiro atoms. The van der Waals surface area contributed by atoms with E-state index in [0.717, 1.165) is 21.9 Å². The van der Waals surface area contributed by atoms with E-state index in [0.29, 0.717) is 16.9 Å². The van der Waals surface area contributed by atoms with Crippen LogP contribution in [0.2, 0.25) is 0 Å². The monoisotopic (exact) mass is 268 g/mol. The molecular weight excluding hydrogens is 260 g/mol. The lowest BCUT2D eigenvalue weighted by atomic mass is 10.1. The highest BCUT2D eigenvalue weighted by molar-refractivity contribution is 9.10. The zero-order valence-electron chi connectivity index (χ0n) is 8.33. The lowest BCUT2D eigenvalue weighted by Gasteiger charge is -2.04. The van der Waals surface area contributed by atoms with E-state index in [4.69, 9.17) is 9.15 Å². The van der Waals surface area contributed by atoms with Gasteiger partial charge in [0.15, 0.2) is 17.6 Å². The topological polar surface area (TPSA) is 39.4 Å². The lowest BCUT2D eigenvalue weighted by molar-refractivity contribution is 0.112. The molecule has 0 saturated carbocycles. The first-order valence-electron chi connectivity index (χ1n) is 4.39. The molecule has 0 aliphatic rings. The first kappa shape index (κ1) is 10.2. The molecule has 0 atom stereocenters. The average molecular weight is 269 g/mol. The molecule has 0 fully saturated rings. The van der Waals surface area contributed by atoms with Gasteiger partial charge in [0.05, 0.1) is 12.7 Å². The van der Waals surface area contributed by atoms with E-state index in [1.165, 1.54) is 7.11 Å². The van der Waals surface area contributed by atoms with Crippen molar-refractivity contribution in [2.45, 2.75) is 6.92 Å². The zero-order valence-corrected chi connectivity index (χ0v) is 9.92. The molecule has 0 N–H and O–H groups in total. The summed E-state index contributed by atoms with van der Waals surface area (Å²) in [6, 6.07) is 3.62. The van der Waals surface area contributed by atoms with E-state index in [9.17, 15) is 4.79 Å². The third-order valence-corrected chi connectivity index (χ3v) is 2.85. The molecule has 1 aromatic carbocycles. The van der Waals surface area contributed by atoms with Crippen LogP contribution in [-0.4, -0.2) is 13.4 Å². The largest absolute Gasteiger partial charge is 0.492 e. The summed E-state index contributed by atoms with van der Waals surface area (Å²) >= 11 is 3.39. The smallest absolute Gasteiger partial charge is 0.177 e. The van der Waals surface area contributed by atoms with Crippen molar-refractivity contribution in [1.82, 2.24) is 0 Å². The summed E-state index contributed by atoms with van der Waals surface area (Å²) in [5.41, 5.74) is 1.08. The molecule has 0 aliphatic heterocycles. The van der Waals surface area contributed by atoms with Gasteiger partial charge in [-0.2, -0.15) is 0 Å². The quantitative estimate of drug-likeness (QED) is 0.785. The van der Waals surface area contributed by atoms with Gasteiger partial charge in [-0.1, -0.05) is 15.9 Å². The Kier molecular flexibility index (Phi) is 2.52. The van der Waals surface area contributed by atoms with Crippen LogP contribution in [0.5, 0.6) is 5.75 Å². The Hall–Kier alpha value is -1.29. The van der Waals surface area contributed by atoms with Crippen molar-refractivity contribution in [2.24, 2.45) is 0 Å². The van der Waals surface area contributed by atoms with E-state index in [1.807, 2.05) is 13.0 Å². The van der Waals surface area contributed by atoms with Crippen LogP contribution in [0.3, 0.4) is 0 Å². The Morgan fingerprint density at radius 1 is 1.47 bits per heavy atom. The van der Waals surface area contributed by atoms with Crippen molar-refractivity contribution in [2.75, 3.05) is 7.11 Å². The number of carbonyl (C=O) groups is 1. The fourth-order valence-corrected chi connectivity index (χ4v) is 2.11. The van der Waals surface area contributed by atoms with Gasteiger partial charge in [-0.05, 0) is 19.1 Å². The van der Waals surface area contributed by atoms with Crippen molar-refractivity contribution in [3.05, 3.63) is 27.9 Å². The van der Waals surface area contributed by atoms with Crippen LogP contribution in [-0.2, 0) is 0 Å². The van der Waals surface area contributed by atoms with Crippen molar-refractivity contribution in [3.63, 3.8) is 0 Å². The average Bonchev–Trinajstić information content (AvgIpc) is 2.60. The number of rotatable bonds is 2. The Labute approximate surface area is 95.1 Å². The SMILES string of the molecule is COc1c(C=O)cc(Br)c2cc(C)oc12. The maximum absolute atomic E-state index is 10.8. The fourth-order valence-electron chi connectivity index (χ4n) is 1.57. The summed E-state index contributed by atoms with van der Waals surface area (Å²) in [5.74, 6) is 1.27. The molecule has 4 heteroatoms. The molecule has 0 radical (unpaired) electrons. The van der Waals surface area contributed by atoms with Crippen LogP contribution in [0.4, 0.5) is 0 Å². The summed E-state index contributed by atoms with van der Waals surface area (Å²) in [7, 11) is 1.52. The number of benzene rings is 1. The van der Waals surface area contributed by atoms with Crippen LogP contribution in [0.1, 0.15) is 16.1 Å². The van der Waals surface area contributed by atoms with Crippen molar-refractivity contribution >= 4 is 33.2 Å². The van der Waals surface area contributed by atoms with Gasteiger partial charge in [0.1, 0.15) is 5.76 Å². The van der Waals surface area contributed by atoms with Gasteiger partial charge in [0, 0.05) is 9.86 Å². The number of halogens is 1. The Bertz CT molecular complexity index is 528. The van der Waals surface area contributed by atoms with Gasteiger partial charge in [-0.15, -0.1) is 0 Å². The van der Waals surface area contributed by atoms with Gasteiger partial charge >= 0.3 is 0 Å². The molecule has 2 rings (SSSR count). The third kappa shape index (κ3) is 1.55. The number of aldehydes is 1. The number of carbonyl (C=O) groups excluding carboxylic acids is 1. The number of furan rings is 1. The lowest BCUT2D eigenvalue weighted by Crippen LogP contribution is -1.91. The first-order valence-corrected chi connectivity index (χ1v) is 5.18. The Morgan fingerprint density at radius 2 is 2.20 bits per heavy atom. The van der Waals surface area contributed by atoms with E-state index < -0.39 is 0 Å². The minimum Gasteiger partial charge on any atom is -0.492 e. The van der Waals surface area contributed by atoms with Crippen molar-refractivity contribution < 1.29 is 13.9 Å². The molecule has 0 aliphatic carbocycles. The summed E-state index contributed by atoms with van der Waals surface area (Å²) in [4.78, 5) is 10.8. The molecule has 2 aromatic rings. The molecule has 0 amide bonds. The van der Waals surface area contributed by atoms with Gasteiger partial charge < -0.3 is 9.15 Å². The highest BCUT2D eigenvalue weighted by atomic mass is 79.9. The number of ether oxygens (including phenoxy) is 1. The summed E-state index contributed by atoms with van der Waals surface area (Å²) < 4.78 is 11.5. The minimum absolute atomic E-state index is 0.478. The highest BCUT2D eigenvalue weighted by Crippen LogP contribution is 2.36. The van der Waals surface area contributed by atoms with E-state index in [1.54, 1.807) is 6.07 Å². The highest BCUT2D eigenvalue weighted by Gasteiger charge is 2.15. The fraction of sp³-hybridized carbons (Fsp3) is 0.182. The van der Waals surface area contributed by atoms with E-state index >= 15 is 0 Å². The molecule has 0 unspecified atom stereocenters. The van der Waals surface area contributed by atoms with E-state index in [-0.39, 0.29) is 0 Å². The molecule has 3 nitrogen and oxygen atoms in total. The van der Waals surface area contributed by atoms with Crippen LogP contribution < -0.4 is 4.74 Å². The number of hydrogen-bond donors (Lipinski definition) is 0. The number of methoxy groups -OCH3 is 1. The van der Waals surface area contributed by atoms with Crippen LogP contribution >= 0.6 is 15.9 Å². The standard InChI is InChI=1S/C11H9BrO3/c1-6-3-8-9(12)4-7(5-13)10(14-2)11(8)15-6/h3-5H,1-2H3. The molecular formula is C11H9BrO3. The van der Waals surface area contributed by atoms with E-state index in [2.05, 4.69) is 15.9 Å². The van der Waals surface area contributed by atoms with Gasteiger partial charge in [0.25, 0.3) is 0 Å². The van der Waals surface area contributed by atoms with Gasteiger partial charge in [-0.25, -0.2) is 0 Å². The maximum atomic E-state index is 10.8. The predicted molar refractivity (Wildman–Crippen MR) is 60.6 cm³/mol. The summed E-state index contributed by atoms with van der Waals surface area (Å²) in [5, 5.41) is 0.912. The first-order chi connectivity index (χ1) is 7.17. The zero-order chi connectivity index (χ0) is 11.0. The Balaban J connectivity index is 2.90. The molecule has 0 saturated heterocycles. The van der Waals surface area contributed by atoms with Gasteiger partial charge in [-0.3, -0.25) is 4.79 Å². The van der Waals surface area contributed by atoms with Crippen molar-refractivity contribution in [3.8, 4) is 5.75 Å². The molecule has 78 valence electrons. The molecule has 0 bridgehead atoms. The second-order valence-electron chi connectivity index (χ2n) is 3.20. The van der Waals surface area contributed by atoms with Crippen molar-refractivity contribution in [1.29, 1.82) is 0 Å². The summed E-state index contributed by atoms with van der Waals surface area (Å²) in [6.45, 7) is 1.85. The second kappa shape index (κ2) is 3.70. The van der Waals surface area contributed by atoms with Gasteiger partial charge in [0.2, 0.25) is 0 Å². The van der Waals surface area contributed by atoms with Crippen LogP contribution in [0, 0.1) is 6.92 Å². The molecule has 1 heterocycles. The molecule has 15 heavy (non-hydrogen) atoms. The maximum Gasteiger partial charge on any atom is 0.177 e.